The molecule has 1 aromatic heterocycles. The van der Waals surface area contributed by atoms with Crippen molar-refractivity contribution in [1.82, 2.24) is 4.98 Å². The van der Waals surface area contributed by atoms with E-state index in [4.69, 9.17) is 16.6 Å². The van der Waals surface area contributed by atoms with Gasteiger partial charge in [-0.1, -0.05) is 11.6 Å². The van der Waals surface area contributed by atoms with E-state index < -0.39 is 0 Å². The van der Waals surface area contributed by atoms with Crippen LogP contribution in [0.25, 0.3) is 0 Å². The highest BCUT2D eigenvalue weighted by Gasteiger charge is 2.52. The van der Waals surface area contributed by atoms with Gasteiger partial charge < -0.3 is 5.32 Å². The average Bonchev–Trinajstić information content (AvgIpc) is 3.05. The Bertz CT molecular complexity index is 797. The molecule has 2 amide bonds. The molecule has 0 aliphatic heterocycles. The van der Waals surface area contributed by atoms with Crippen LogP contribution in [0.1, 0.15) is 44.2 Å². The minimum Gasteiger partial charge on any atom is -0.308 e. The predicted octanol–water partition coefficient (Wildman–Crippen LogP) is 5.91. The van der Waals surface area contributed by atoms with Crippen LogP contribution < -0.4 is 10.6 Å². The minimum atomic E-state index is -0.265. The first-order chi connectivity index (χ1) is 12.6. The molecular formula is C20H22ClN3OS. The first kappa shape index (κ1) is 16.6. The van der Waals surface area contributed by atoms with E-state index in [9.17, 15) is 4.79 Å². The molecule has 0 spiro atoms. The molecule has 2 N–H and O–H groups in total. The van der Waals surface area contributed by atoms with Crippen LogP contribution in [0.5, 0.6) is 0 Å². The number of urea groups is 1. The zero-order valence-electron chi connectivity index (χ0n) is 14.5. The Labute approximate surface area is 162 Å². The number of hydrogen-bond acceptors (Lipinski definition) is 3. The van der Waals surface area contributed by atoms with Crippen LogP contribution in [0.2, 0.25) is 5.02 Å². The number of amides is 2. The molecule has 4 saturated carbocycles. The first-order valence-corrected chi connectivity index (χ1v) is 10.6. The summed E-state index contributed by atoms with van der Waals surface area (Å²) in [5.41, 5.74) is 2.20. The second-order valence-corrected chi connectivity index (χ2v) is 9.62. The van der Waals surface area contributed by atoms with Gasteiger partial charge in [0.25, 0.3) is 0 Å². The monoisotopic (exact) mass is 387 g/mol. The number of nitrogens with one attached hydrogen (secondary N) is 2. The number of thiazole rings is 1. The number of carbonyl (C=O) groups excluding carboxylic acids is 1. The standard InChI is InChI=1S/C20H22ClN3OS/c21-15-1-3-16(4-2-15)22-18(25)24-19-23-17(11-26-19)20-8-12-5-13(9-20)7-14(6-12)10-20/h1-4,11-14H,5-10H2,(H2,22,23,24,25). The van der Waals surface area contributed by atoms with Gasteiger partial charge in [0.15, 0.2) is 5.13 Å². The Balaban J connectivity index is 1.28. The van der Waals surface area contributed by atoms with Crippen molar-refractivity contribution >= 4 is 39.8 Å². The lowest BCUT2D eigenvalue weighted by Gasteiger charge is -2.56. The molecule has 0 atom stereocenters. The van der Waals surface area contributed by atoms with E-state index >= 15 is 0 Å². The van der Waals surface area contributed by atoms with Gasteiger partial charge in [0.05, 0.1) is 5.69 Å². The maximum absolute atomic E-state index is 12.2. The highest BCUT2D eigenvalue weighted by Crippen LogP contribution is 2.60. The Morgan fingerprint density at radius 2 is 1.65 bits per heavy atom. The van der Waals surface area contributed by atoms with Crippen LogP contribution in [0, 0.1) is 17.8 Å². The fraction of sp³-hybridized carbons (Fsp3) is 0.500. The maximum atomic E-state index is 12.2. The summed E-state index contributed by atoms with van der Waals surface area (Å²) in [5.74, 6) is 2.69. The Hall–Kier alpha value is -1.59. The number of carbonyl (C=O) groups is 1. The van der Waals surface area contributed by atoms with E-state index in [0.29, 0.717) is 15.8 Å². The Morgan fingerprint density at radius 3 is 2.27 bits per heavy atom. The third-order valence-electron chi connectivity index (χ3n) is 6.41. The predicted molar refractivity (Wildman–Crippen MR) is 106 cm³/mol. The SMILES string of the molecule is O=C(Nc1ccc(Cl)cc1)Nc1nc(C23CC4CC(CC(C4)C2)C3)cs1. The number of aromatic nitrogens is 1. The Kier molecular flexibility index (Phi) is 3.98. The summed E-state index contributed by atoms with van der Waals surface area (Å²) >= 11 is 7.41. The molecule has 136 valence electrons. The molecule has 6 heteroatoms. The average molecular weight is 388 g/mol. The molecule has 1 aromatic carbocycles. The molecule has 2 aromatic rings. The van der Waals surface area contributed by atoms with Crippen molar-refractivity contribution in [2.75, 3.05) is 10.6 Å². The van der Waals surface area contributed by atoms with Gasteiger partial charge in [-0.2, -0.15) is 0 Å². The van der Waals surface area contributed by atoms with Gasteiger partial charge >= 0.3 is 6.03 Å². The van der Waals surface area contributed by atoms with Crippen LogP contribution in [0.15, 0.2) is 29.6 Å². The van der Waals surface area contributed by atoms with Crippen molar-refractivity contribution in [2.45, 2.75) is 43.9 Å². The summed E-state index contributed by atoms with van der Waals surface area (Å²) < 4.78 is 0. The molecule has 6 rings (SSSR count). The number of nitrogens with zero attached hydrogens (tertiary/aromatic N) is 1. The number of rotatable bonds is 3. The molecule has 0 saturated heterocycles. The fourth-order valence-electron chi connectivity index (χ4n) is 5.79. The second kappa shape index (κ2) is 6.24. The molecule has 4 aliphatic carbocycles. The largest absolute Gasteiger partial charge is 0.325 e. The quantitative estimate of drug-likeness (QED) is 0.687. The van der Waals surface area contributed by atoms with E-state index in [0.717, 1.165) is 17.8 Å². The highest BCUT2D eigenvalue weighted by atomic mass is 35.5. The Morgan fingerprint density at radius 1 is 1.04 bits per heavy atom. The molecule has 4 aliphatic rings. The van der Waals surface area contributed by atoms with Gasteiger partial charge in [-0.3, -0.25) is 5.32 Å². The number of halogens is 1. The molecule has 26 heavy (non-hydrogen) atoms. The minimum absolute atomic E-state index is 0.265. The third kappa shape index (κ3) is 3.01. The van der Waals surface area contributed by atoms with E-state index in [1.165, 1.54) is 55.6 Å². The van der Waals surface area contributed by atoms with E-state index in [1.54, 1.807) is 24.3 Å². The summed E-state index contributed by atoms with van der Waals surface area (Å²) in [7, 11) is 0. The van der Waals surface area contributed by atoms with Crippen LogP contribution in [-0.4, -0.2) is 11.0 Å². The molecule has 0 radical (unpaired) electrons. The van der Waals surface area contributed by atoms with Crippen molar-refractivity contribution in [2.24, 2.45) is 17.8 Å². The summed E-state index contributed by atoms with van der Waals surface area (Å²) in [4.78, 5) is 17.1. The number of hydrogen-bond donors (Lipinski definition) is 2. The second-order valence-electron chi connectivity index (χ2n) is 8.32. The highest BCUT2D eigenvalue weighted by molar-refractivity contribution is 7.14. The summed E-state index contributed by atoms with van der Waals surface area (Å²) in [6.07, 6.45) is 8.16. The number of benzene rings is 1. The number of anilines is 2. The van der Waals surface area contributed by atoms with Crippen molar-refractivity contribution in [3.63, 3.8) is 0 Å². The molecule has 1 heterocycles. The van der Waals surface area contributed by atoms with E-state index in [-0.39, 0.29) is 11.4 Å². The lowest BCUT2D eigenvalue weighted by atomic mass is 9.49. The van der Waals surface area contributed by atoms with Gasteiger partial charge in [-0.25, -0.2) is 9.78 Å². The first-order valence-electron chi connectivity index (χ1n) is 9.38. The van der Waals surface area contributed by atoms with Crippen molar-refractivity contribution < 1.29 is 4.79 Å². The summed E-state index contributed by atoms with van der Waals surface area (Å²) in [5, 5.41) is 9.21. The van der Waals surface area contributed by atoms with Gasteiger partial charge in [-0.05, 0) is 80.5 Å². The van der Waals surface area contributed by atoms with Crippen molar-refractivity contribution in [3.8, 4) is 0 Å². The van der Waals surface area contributed by atoms with Crippen LogP contribution in [0.3, 0.4) is 0 Å². The van der Waals surface area contributed by atoms with Crippen molar-refractivity contribution in [1.29, 1.82) is 0 Å². The van der Waals surface area contributed by atoms with Gasteiger partial charge in [0, 0.05) is 21.5 Å². The fourth-order valence-corrected chi connectivity index (χ4v) is 6.75. The molecular weight excluding hydrogens is 366 g/mol. The van der Waals surface area contributed by atoms with Gasteiger partial charge in [0.2, 0.25) is 0 Å². The van der Waals surface area contributed by atoms with Crippen LogP contribution >= 0.6 is 22.9 Å². The van der Waals surface area contributed by atoms with Crippen molar-refractivity contribution in [3.05, 3.63) is 40.4 Å². The summed E-state index contributed by atoms with van der Waals surface area (Å²) in [6.45, 7) is 0. The zero-order valence-corrected chi connectivity index (χ0v) is 16.1. The topological polar surface area (TPSA) is 54.0 Å². The van der Waals surface area contributed by atoms with Crippen LogP contribution in [-0.2, 0) is 5.41 Å². The lowest BCUT2D eigenvalue weighted by molar-refractivity contribution is -0.00688. The van der Waals surface area contributed by atoms with E-state index in [1.807, 2.05) is 0 Å². The molecule has 4 nitrogen and oxygen atoms in total. The van der Waals surface area contributed by atoms with E-state index in [2.05, 4.69) is 16.0 Å². The normalized spacial score (nSPS) is 31.8. The molecule has 0 unspecified atom stereocenters. The van der Waals surface area contributed by atoms with Crippen LogP contribution in [0.4, 0.5) is 15.6 Å². The lowest BCUT2D eigenvalue weighted by Crippen LogP contribution is -2.48. The van der Waals surface area contributed by atoms with Gasteiger partial charge in [-0.15, -0.1) is 11.3 Å². The molecule has 4 bridgehead atoms. The summed E-state index contributed by atoms with van der Waals surface area (Å²) in [6, 6.07) is 6.81. The molecule has 4 fully saturated rings. The van der Waals surface area contributed by atoms with Gasteiger partial charge in [0.1, 0.15) is 0 Å². The zero-order chi connectivity index (χ0) is 17.7. The smallest absolute Gasteiger partial charge is 0.308 e. The third-order valence-corrected chi connectivity index (χ3v) is 7.42. The maximum Gasteiger partial charge on any atom is 0.325 e.